The van der Waals surface area contributed by atoms with Gasteiger partial charge in [-0.25, -0.2) is 9.97 Å². The van der Waals surface area contributed by atoms with Crippen molar-refractivity contribution in [3.8, 4) is 5.75 Å². The van der Waals surface area contributed by atoms with Crippen LogP contribution in [-0.4, -0.2) is 46.8 Å². The number of benzene rings is 3. The molecule has 1 saturated heterocycles. The molecule has 1 amide bonds. The third-order valence-electron chi connectivity index (χ3n) is 8.44. The van der Waals surface area contributed by atoms with Gasteiger partial charge in [-0.15, -0.1) is 11.3 Å². The van der Waals surface area contributed by atoms with E-state index in [4.69, 9.17) is 27.9 Å². The van der Waals surface area contributed by atoms with Gasteiger partial charge in [-0.05, 0) is 90.1 Å². The molecule has 0 radical (unpaired) electrons. The molecule has 47 heavy (non-hydrogen) atoms. The smallest absolute Gasteiger partial charge is 0.258 e. The van der Waals surface area contributed by atoms with Gasteiger partial charge in [0.2, 0.25) is 0 Å². The van der Waals surface area contributed by atoms with Crippen molar-refractivity contribution in [2.75, 3.05) is 30.8 Å². The van der Waals surface area contributed by atoms with E-state index < -0.39 is 5.91 Å². The molecular weight excluding hydrogens is 721 g/mol. The van der Waals surface area contributed by atoms with Crippen LogP contribution in [0.1, 0.15) is 51.1 Å². The van der Waals surface area contributed by atoms with E-state index in [9.17, 15) is 9.59 Å². The molecule has 5 aromatic rings. The molecule has 0 unspecified atom stereocenters. The van der Waals surface area contributed by atoms with Crippen LogP contribution in [0.15, 0.2) is 70.8 Å². The molecule has 8 nitrogen and oxygen atoms in total. The highest BCUT2D eigenvalue weighted by Gasteiger charge is 2.24. The van der Waals surface area contributed by atoms with Crippen molar-refractivity contribution in [1.82, 2.24) is 14.9 Å². The predicted molar refractivity (Wildman–Crippen MR) is 194 cm³/mol. The number of halogens is 3. The zero-order valence-corrected chi connectivity index (χ0v) is 29.7. The SMILES string of the molecule is COc1c(Cl)c(NC(=O)c2csc3c(Nc4ccc(C(=O)CC5CCN(Cc6ccccc6)CC5)cc4)ncnc23)c(Cl)c(C)c1Br. The maximum atomic E-state index is 13.4. The number of carbonyl (C=O) groups excluding carboxylic acids is 2. The summed E-state index contributed by atoms with van der Waals surface area (Å²) in [7, 11) is 1.49. The van der Waals surface area contributed by atoms with Crippen molar-refractivity contribution in [2.24, 2.45) is 5.92 Å². The van der Waals surface area contributed by atoms with Crippen LogP contribution in [0.2, 0.25) is 10.0 Å². The number of Topliss-reactive ketones (excluding diaryl/α,β-unsaturated/α-hetero) is 1. The summed E-state index contributed by atoms with van der Waals surface area (Å²) in [6.07, 6.45) is 4.02. The number of ether oxygens (including phenoxy) is 1. The first kappa shape index (κ1) is 33.4. The Hall–Kier alpha value is -3.54. The number of hydrogen-bond donors (Lipinski definition) is 2. The number of aromatic nitrogens is 2. The highest BCUT2D eigenvalue weighted by molar-refractivity contribution is 9.10. The van der Waals surface area contributed by atoms with E-state index >= 15 is 0 Å². The second-order valence-electron chi connectivity index (χ2n) is 11.5. The molecule has 1 aliphatic heterocycles. The van der Waals surface area contributed by atoms with Crippen molar-refractivity contribution in [3.63, 3.8) is 0 Å². The van der Waals surface area contributed by atoms with Crippen LogP contribution >= 0.6 is 50.5 Å². The Morgan fingerprint density at radius 1 is 1.04 bits per heavy atom. The van der Waals surface area contributed by atoms with E-state index in [1.807, 2.05) is 30.3 Å². The normalized spacial score (nSPS) is 13.9. The van der Waals surface area contributed by atoms with Gasteiger partial charge in [-0.3, -0.25) is 14.5 Å². The lowest BCUT2D eigenvalue weighted by Gasteiger charge is -2.31. The predicted octanol–water partition coefficient (Wildman–Crippen LogP) is 9.56. The Bertz CT molecular complexity index is 1930. The van der Waals surface area contributed by atoms with Crippen molar-refractivity contribution in [1.29, 1.82) is 0 Å². The first-order chi connectivity index (χ1) is 22.7. The van der Waals surface area contributed by atoms with Gasteiger partial charge in [0, 0.05) is 29.6 Å². The van der Waals surface area contributed by atoms with Gasteiger partial charge < -0.3 is 15.4 Å². The van der Waals surface area contributed by atoms with Gasteiger partial charge in [-0.1, -0.05) is 53.5 Å². The Morgan fingerprint density at radius 3 is 2.47 bits per heavy atom. The Kier molecular flexibility index (Phi) is 10.4. The zero-order chi connectivity index (χ0) is 33.1. The largest absolute Gasteiger partial charge is 0.494 e. The molecule has 0 bridgehead atoms. The zero-order valence-electron chi connectivity index (χ0n) is 25.8. The second-order valence-corrected chi connectivity index (χ2v) is 13.9. The molecule has 242 valence electrons. The van der Waals surface area contributed by atoms with E-state index in [1.165, 1.54) is 30.3 Å². The minimum atomic E-state index is -0.418. The van der Waals surface area contributed by atoms with Crippen molar-refractivity contribution >= 4 is 89.6 Å². The molecule has 3 heterocycles. The highest BCUT2D eigenvalue weighted by Crippen LogP contribution is 2.46. The number of thiophene rings is 1. The van der Waals surface area contributed by atoms with Crippen molar-refractivity contribution in [3.05, 3.63) is 103 Å². The van der Waals surface area contributed by atoms with E-state index in [-0.39, 0.29) is 16.5 Å². The number of amides is 1. The fraction of sp³-hybridized carbons (Fsp3) is 0.257. The first-order valence-corrected chi connectivity index (χ1v) is 17.6. The second kappa shape index (κ2) is 14.7. The van der Waals surface area contributed by atoms with Crippen LogP contribution in [0.3, 0.4) is 0 Å². The summed E-state index contributed by atoms with van der Waals surface area (Å²) in [5.41, 5.74) is 4.57. The van der Waals surface area contributed by atoms with Crippen LogP contribution in [-0.2, 0) is 6.54 Å². The molecule has 0 saturated carbocycles. The molecule has 0 atom stereocenters. The average Bonchev–Trinajstić information content (AvgIpc) is 3.53. The molecule has 1 aliphatic rings. The third kappa shape index (κ3) is 7.32. The molecule has 12 heteroatoms. The Balaban J connectivity index is 1.09. The first-order valence-electron chi connectivity index (χ1n) is 15.1. The summed E-state index contributed by atoms with van der Waals surface area (Å²) >= 11 is 17.9. The number of nitrogens with one attached hydrogen (secondary N) is 2. The maximum absolute atomic E-state index is 13.4. The molecule has 2 N–H and O–H groups in total. The number of rotatable bonds is 10. The maximum Gasteiger partial charge on any atom is 0.258 e. The lowest BCUT2D eigenvalue weighted by atomic mass is 9.89. The molecular formula is C35H32BrCl2N5O3S. The molecule has 0 spiro atoms. The fourth-order valence-corrected chi connectivity index (χ4v) is 8.11. The molecule has 1 fully saturated rings. The molecule has 0 aliphatic carbocycles. The number of piperidine rings is 1. The number of likely N-dealkylation sites (tertiary alicyclic amines) is 1. The van der Waals surface area contributed by atoms with Crippen LogP contribution < -0.4 is 15.4 Å². The quantitative estimate of drug-likeness (QED) is 0.137. The monoisotopic (exact) mass is 751 g/mol. The van der Waals surface area contributed by atoms with E-state index in [1.54, 1.807) is 12.3 Å². The van der Waals surface area contributed by atoms with Crippen molar-refractivity contribution < 1.29 is 14.3 Å². The number of fused-ring (bicyclic) bond motifs is 1. The molecule has 6 rings (SSSR count). The van der Waals surface area contributed by atoms with E-state index in [2.05, 4.69) is 65.7 Å². The van der Waals surface area contributed by atoms with Crippen LogP contribution in [0.4, 0.5) is 17.2 Å². The summed E-state index contributed by atoms with van der Waals surface area (Å²) in [5, 5.41) is 8.36. The number of carbonyl (C=O) groups is 2. The van der Waals surface area contributed by atoms with E-state index in [0.717, 1.165) is 38.2 Å². The van der Waals surface area contributed by atoms with Gasteiger partial charge in [0.1, 0.15) is 11.3 Å². The van der Waals surface area contributed by atoms with Gasteiger partial charge in [0.05, 0.1) is 38.1 Å². The Morgan fingerprint density at radius 2 is 1.77 bits per heavy atom. The van der Waals surface area contributed by atoms with Crippen LogP contribution in [0, 0.1) is 12.8 Å². The lowest BCUT2D eigenvalue weighted by Crippen LogP contribution is -2.33. The fourth-order valence-electron chi connectivity index (χ4n) is 5.78. The minimum Gasteiger partial charge on any atom is -0.494 e. The van der Waals surface area contributed by atoms with Crippen LogP contribution in [0.5, 0.6) is 5.75 Å². The van der Waals surface area contributed by atoms with Gasteiger partial charge >= 0.3 is 0 Å². The third-order valence-corrected chi connectivity index (χ3v) is 11.2. The summed E-state index contributed by atoms with van der Waals surface area (Å²) in [5.74, 6) is 1.07. The van der Waals surface area contributed by atoms with Gasteiger partial charge in [0.25, 0.3) is 5.91 Å². The highest BCUT2D eigenvalue weighted by atomic mass is 79.9. The number of methoxy groups -OCH3 is 1. The topological polar surface area (TPSA) is 96.5 Å². The lowest BCUT2D eigenvalue weighted by molar-refractivity contribution is 0.0924. The molecule has 3 aromatic carbocycles. The summed E-state index contributed by atoms with van der Waals surface area (Å²) in [4.78, 5) is 37.8. The van der Waals surface area contributed by atoms with Gasteiger partial charge in [0.15, 0.2) is 17.4 Å². The minimum absolute atomic E-state index is 0.162. The van der Waals surface area contributed by atoms with Crippen molar-refractivity contribution in [2.45, 2.75) is 32.7 Å². The summed E-state index contributed by atoms with van der Waals surface area (Å²) in [6, 6.07) is 18.0. The summed E-state index contributed by atoms with van der Waals surface area (Å²) in [6.45, 7) is 4.77. The number of anilines is 3. The molecule has 2 aromatic heterocycles. The van der Waals surface area contributed by atoms with Gasteiger partial charge in [-0.2, -0.15) is 0 Å². The van der Waals surface area contributed by atoms with Crippen LogP contribution in [0.25, 0.3) is 10.2 Å². The number of nitrogens with zero attached hydrogens (tertiary/aromatic N) is 3. The number of hydrogen-bond acceptors (Lipinski definition) is 8. The summed E-state index contributed by atoms with van der Waals surface area (Å²) < 4.78 is 6.73. The Labute approximate surface area is 295 Å². The standard InChI is InChI=1S/C35H32BrCl2N5O3S/c1-20-27(36)32(46-2)29(38)31(28(20)37)42-35(45)25-18-47-33-30(25)39-19-40-34(33)41-24-10-8-23(9-11-24)26(44)16-21-12-14-43(15-13-21)17-22-6-4-3-5-7-22/h3-11,18-19,21H,12-17H2,1-2H3,(H,42,45)(H,39,40,41). The average molecular weight is 754 g/mol. The number of ketones is 1. The van der Waals surface area contributed by atoms with E-state index in [0.29, 0.717) is 60.3 Å².